The molecule has 0 aliphatic rings. The number of carbonyl (C=O) groups excluding carboxylic acids is 1. The van der Waals surface area contributed by atoms with Crippen LogP contribution in [0.25, 0.3) is 6.08 Å². The maximum Gasteiger partial charge on any atom is 0.268 e. The second kappa shape index (κ2) is 8.19. The van der Waals surface area contributed by atoms with Crippen molar-refractivity contribution in [3.63, 3.8) is 0 Å². The van der Waals surface area contributed by atoms with Crippen LogP contribution < -0.4 is 5.32 Å². The number of nitrogens with one attached hydrogen (secondary N) is 1. The molecule has 2 aromatic heterocycles. The molecule has 0 fully saturated rings. The number of thiazole rings is 1. The number of hydrogen-bond acceptors (Lipinski definition) is 5. The summed E-state index contributed by atoms with van der Waals surface area (Å²) in [5, 5.41) is 13.4. The summed E-state index contributed by atoms with van der Waals surface area (Å²) in [6.45, 7) is 0. The number of rotatable bonds is 5. The smallest absolute Gasteiger partial charge is 0.268 e. The minimum absolute atomic E-state index is 0.0745. The van der Waals surface area contributed by atoms with Gasteiger partial charge in [0.2, 0.25) is 0 Å². The lowest BCUT2D eigenvalue weighted by molar-refractivity contribution is -0.112. The molecule has 0 unspecified atom stereocenters. The van der Waals surface area contributed by atoms with Crippen molar-refractivity contribution >= 4 is 51.7 Å². The summed E-state index contributed by atoms with van der Waals surface area (Å²) in [6, 6.07) is 10.4. The highest BCUT2D eigenvalue weighted by atomic mass is 35.5. The highest BCUT2D eigenvalue weighted by molar-refractivity contribution is 7.15. The second-order valence-corrected chi connectivity index (χ2v) is 7.14. The van der Waals surface area contributed by atoms with E-state index in [0.717, 1.165) is 10.4 Å². The van der Waals surface area contributed by atoms with Crippen molar-refractivity contribution in [3.05, 3.63) is 74.6 Å². The SMILES string of the molecule is N#C/C(=C\c1ccco1)C(=O)Nc1ncc(Cc2cc(Cl)ccc2Cl)s1. The zero-order valence-corrected chi connectivity index (χ0v) is 15.5. The van der Waals surface area contributed by atoms with Gasteiger partial charge in [-0.3, -0.25) is 10.1 Å². The molecule has 0 bridgehead atoms. The fourth-order valence-electron chi connectivity index (χ4n) is 2.14. The van der Waals surface area contributed by atoms with Gasteiger partial charge in [0.25, 0.3) is 5.91 Å². The van der Waals surface area contributed by atoms with Crippen molar-refractivity contribution in [1.82, 2.24) is 4.98 Å². The Kier molecular flexibility index (Phi) is 5.74. The summed E-state index contributed by atoms with van der Waals surface area (Å²) in [5.41, 5.74) is 0.797. The Morgan fingerprint density at radius 1 is 1.38 bits per heavy atom. The molecule has 3 rings (SSSR count). The zero-order chi connectivity index (χ0) is 18.5. The van der Waals surface area contributed by atoms with Crippen LogP contribution in [0.5, 0.6) is 0 Å². The van der Waals surface area contributed by atoms with E-state index < -0.39 is 5.91 Å². The second-order valence-electron chi connectivity index (χ2n) is 5.18. The van der Waals surface area contributed by atoms with E-state index in [1.54, 1.807) is 36.5 Å². The van der Waals surface area contributed by atoms with Gasteiger partial charge in [-0.05, 0) is 35.9 Å². The van der Waals surface area contributed by atoms with Gasteiger partial charge < -0.3 is 4.42 Å². The Labute approximate surface area is 163 Å². The highest BCUT2D eigenvalue weighted by Gasteiger charge is 2.13. The molecule has 0 saturated heterocycles. The number of carbonyl (C=O) groups is 1. The third kappa shape index (κ3) is 4.52. The number of nitrogens with zero attached hydrogens (tertiary/aromatic N) is 2. The van der Waals surface area contributed by atoms with Gasteiger partial charge in [0, 0.05) is 33.6 Å². The van der Waals surface area contributed by atoms with E-state index in [4.69, 9.17) is 32.9 Å². The lowest BCUT2D eigenvalue weighted by Gasteiger charge is -2.02. The average Bonchev–Trinajstić information content (AvgIpc) is 3.28. The molecule has 0 atom stereocenters. The maximum atomic E-state index is 12.2. The first-order chi connectivity index (χ1) is 12.5. The van der Waals surface area contributed by atoms with Crippen molar-refractivity contribution in [2.24, 2.45) is 0 Å². The molecule has 0 radical (unpaired) electrons. The predicted octanol–water partition coefficient (Wildman–Crippen LogP) is 5.18. The number of benzene rings is 1. The van der Waals surface area contributed by atoms with Gasteiger partial charge in [-0.25, -0.2) is 4.98 Å². The molecular weight excluding hydrogens is 393 g/mol. The molecule has 3 aromatic rings. The Balaban J connectivity index is 1.71. The number of amides is 1. The molecule has 1 N–H and O–H groups in total. The topological polar surface area (TPSA) is 78.9 Å². The Morgan fingerprint density at radius 2 is 2.23 bits per heavy atom. The van der Waals surface area contributed by atoms with Gasteiger partial charge in [0.05, 0.1) is 6.26 Å². The largest absolute Gasteiger partial charge is 0.465 e. The van der Waals surface area contributed by atoms with E-state index in [0.29, 0.717) is 27.4 Å². The van der Waals surface area contributed by atoms with Crippen molar-refractivity contribution in [1.29, 1.82) is 5.26 Å². The van der Waals surface area contributed by atoms with Crippen LogP contribution in [0.15, 0.2) is 52.8 Å². The van der Waals surface area contributed by atoms with Gasteiger partial charge in [0.15, 0.2) is 5.13 Å². The molecule has 1 aromatic carbocycles. The van der Waals surface area contributed by atoms with E-state index in [2.05, 4.69) is 10.3 Å². The van der Waals surface area contributed by atoms with Crippen molar-refractivity contribution in [2.75, 3.05) is 5.32 Å². The van der Waals surface area contributed by atoms with Crippen molar-refractivity contribution in [2.45, 2.75) is 6.42 Å². The van der Waals surface area contributed by atoms with Crippen molar-refractivity contribution < 1.29 is 9.21 Å². The van der Waals surface area contributed by atoms with Gasteiger partial charge in [-0.2, -0.15) is 5.26 Å². The number of hydrogen-bond donors (Lipinski definition) is 1. The third-order valence-corrected chi connectivity index (χ3v) is 4.86. The molecule has 0 saturated carbocycles. The first kappa shape index (κ1) is 18.2. The standard InChI is InChI=1S/C18H11Cl2N3O2S/c19-13-3-4-16(20)11(6-13)8-15-10-22-18(26-15)23-17(24)12(9-21)7-14-2-1-5-25-14/h1-7,10H,8H2,(H,22,23,24)/b12-7+. The number of halogens is 2. The predicted molar refractivity (Wildman–Crippen MR) is 102 cm³/mol. The monoisotopic (exact) mass is 403 g/mol. The molecule has 0 aliphatic heterocycles. The van der Waals surface area contributed by atoms with E-state index in [-0.39, 0.29) is 5.57 Å². The van der Waals surface area contributed by atoms with E-state index in [1.807, 2.05) is 6.07 Å². The lowest BCUT2D eigenvalue weighted by atomic mass is 10.1. The van der Waals surface area contributed by atoms with Crippen LogP contribution in [-0.2, 0) is 11.2 Å². The fraction of sp³-hybridized carbons (Fsp3) is 0.0556. The molecule has 2 heterocycles. The number of aromatic nitrogens is 1. The van der Waals surface area contributed by atoms with Gasteiger partial charge >= 0.3 is 0 Å². The molecule has 26 heavy (non-hydrogen) atoms. The zero-order valence-electron chi connectivity index (χ0n) is 13.2. The van der Waals surface area contributed by atoms with Gasteiger partial charge in [0.1, 0.15) is 17.4 Å². The normalized spacial score (nSPS) is 11.2. The molecular formula is C18H11Cl2N3O2S. The summed E-state index contributed by atoms with van der Waals surface area (Å²) in [4.78, 5) is 17.3. The van der Waals surface area contributed by atoms with Crippen LogP contribution in [0.2, 0.25) is 10.0 Å². The number of furan rings is 1. The minimum atomic E-state index is -0.550. The summed E-state index contributed by atoms with van der Waals surface area (Å²) >= 11 is 13.5. The lowest BCUT2D eigenvalue weighted by Crippen LogP contribution is -2.13. The first-order valence-electron chi connectivity index (χ1n) is 7.40. The Morgan fingerprint density at radius 3 is 2.96 bits per heavy atom. The Hall–Kier alpha value is -2.59. The van der Waals surface area contributed by atoms with Crippen LogP contribution in [0.3, 0.4) is 0 Å². The summed E-state index contributed by atoms with van der Waals surface area (Å²) in [5.74, 6) is -0.127. The average molecular weight is 404 g/mol. The summed E-state index contributed by atoms with van der Waals surface area (Å²) in [7, 11) is 0. The number of anilines is 1. The van der Waals surface area contributed by atoms with Crippen molar-refractivity contribution in [3.8, 4) is 6.07 Å². The summed E-state index contributed by atoms with van der Waals surface area (Å²) in [6.07, 6.45) is 5.03. The quantitative estimate of drug-likeness (QED) is 0.470. The molecule has 1 amide bonds. The minimum Gasteiger partial charge on any atom is -0.465 e. The first-order valence-corrected chi connectivity index (χ1v) is 8.97. The van der Waals surface area contributed by atoms with E-state index in [9.17, 15) is 4.79 Å². The molecule has 5 nitrogen and oxygen atoms in total. The fourth-order valence-corrected chi connectivity index (χ4v) is 3.35. The van der Waals surface area contributed by atoms with Crippen LogP contribution in [-0.4, -0.2) is 10.9 Å². The number of nitriles is 1. The highest BCUT2D eigenvalue weighted by Crippen LogP contribution is 2.27. The van der Waals surface area contributed by atoms with Crippen LogP contribution in [0.1, 0.15) is 16.2 Å². The van der Waals surface area contributed by atoms with Crippen LogP contribution in [0.4, 0.5) is 5.13 Å². The molecule has 130 valence electrons. The van der Waals surface area contributed by atoms with E-state index in [1.165, 1.54) is 23.7 Å². The molecule has 8 heteroatoms. The maximum absolute atomic E-state index is 12.2. The van der Waals surface area contributed by atoms with Crippen LogP contribution in [0, 0.1) is 11.3 Å². The van der Waals surface area contributed by atoms with Gasteiger partial charge in [-0.1, -0.05) is 23.2 Å². The van der Waals surface area contributed by atoms with E-state index >= 15 is 0 Å². The Bertz CT molecular complexity index is 1000. The molecule has 0 spiro atoms. The molecule has 0 aliphatic carbocycles. The van der Waals surface area contributed by atoms with Crippen LogP contribution >= 0.6 is 34.5 Å². The summed E-state index contributed by atoms with van der Waals surface area (Å²) < 4.78 is 5.11. The van der Waals surface area contributed by atoms with Gasteiger partial charge in [-0.15, -0.1) is 11.3 Å². The third-order valence-electron chi connectivity index (χ3n) is 3.34.